The van der Waals surface area contributed by atoms with Crippen LogP contribution in [-0.2, 0) is 11.3 Å². The van der Waals surface area contributed by atoms with Crippen LogP contribution in [0, 0.1) is 5.92 Å². The molecule has 0 aliphatic carbocycles. The van der Waals surface area contributed by atoms with Gasteiger partial charge in [0, 0.05) is 30.9 Å². The van der Waals surface area contributed by atoms with Gasteiger partial charge in [0.15, 0.2) is 0 Å². The third-order valence-corrected chi connectivity index (χ3v) is 2.96. The average Bonchev–Trinajstić information content (AvgIpc) is 2.36. The van der Waals surface area contributed by atoms with Crippen molar-refractivity contribution in [2.75, 3.05) is 0 Å². The molecule has 1 heterocycles. The fourth-order valence-electron chi connectivity index (χ4n) is 1.74. The summed E-state index contributed by atoms with van der Waals surface area (Å²) < 4.78 is 0. The molecule has 1 rings (SSSR count). The first-order valence-electron chi connectivity index (χ1n) is 6.51. The van der Waals surface area contributed by atoms with E-state index in [1.165, 1.54) is 0 Å². The minimum Gasteiger partial charge on any atom is -0.352 e. The molecule has 0 saturated carbocycles. The number of hydrogen-bond acceptors (Lipinski definition) is 3. The highest BCUT2D eigenvalue weighted by Crippen LogP contribution is 2.09. The van der Waals surface area contributed by atoms with E-state index in [1.54, 1.807) is 12.4 Å². The van der Waals surface area contributed by atoms with Crippen molar-refractivity contribution in [3.63, 3.8) is 0 Å². The van der Waals surface area contributed by atoms with Gasteiger partial charge < -0.3 is 11.1 Å². The number of amides is 1. The van der Waals surface area contributed by atoms with E-state index in [-0.39, 0.29) is 17.9 Å². The maximum Gasteiger partial charge on any atom is 0.223 e. The first-order valence-corrected chi connectivity index (χ1v) is 6.51. The number of carbonyl (C=O) groups excluding carboxylic acids is 1. The third kappa shape index (κ3) is 5.77. The average molecular weight is 249 g/mol. The highest BCUT2D eigenvalue weighted by atomic mass is 16.1. The zero-order chi connectivity index (χ0) is 13.4. The van der Waals surface area contributed by atoms with Crippen LogP contribution in [0.3, 0.4) is 0 Å². The first-order chi connectivity index (χ1) is 8.59. The quantitative estimate of drug-likeness (QED) is 0.775. The standard InChI is InChI=1S/C14H23N3O/c1-11(4-3-5-12(2)15)14(18)17-10-13-6-8-16-9-7-13/h6-9,11-12H,3-5,10,15H2,1-2H3,(H,17,18). The molecule has 0 spiro atoms. The number of carbonyl (C=O) groups is 1. The second-order valence-electron chi connectivity index (χ2n) is 4.88. The monoisotopic (exact) mass is 249 g/mol. The number of nitrogens with one attached hydrogen (secondary N) is 1. The summed E-state index contributed by atoms with van der Waals surface area (Å²) in [5.41, 5.74) is 6.75. The molecule has 0 aromatic carbocycles. The lowest BCUT2D eigenvalue weighted by molar-refractivity contribution is -0.124. The smallest absolute Gasteiger partial charge is 0.223 e. The van der Waals surface area contributed by atoms with Gasteiger partial charge in [0.2, 0.25) is 5.91 Å². The van der Waals surface area contributed by atoms with Crippen molar-refractivity contribution in [2.45, 2.75) is 45.7 Å². The highest BCUT2D eigenvalue weighted by molar-refractivity contribution is 5.78. The summed E-state index contributed by atoms with van der Waals surface area (Å²) in [6, 6.07) is 4.03. The molecule has 0 radical (unpaired) electrons. The summed E-state index contributed by atoms with van der Waals surface area (Å²) in [5.74, 6) is 0.155. The summed E-state index contributed by atoms with van der Waals surface area (Å²) >= 11 is 0. The van der Waals surface area contributed by atoms with Gasteiger partial charge in [0.05, 0.1) is 0 Å². The fraction of sp³-hybridized carbons (Fsp3) is 0.571. The van der Waals surface area contributed by atoms with Crippen LogP contribution in [0.5, 0.6) is 0 Å². The second kappa shape index (κ2) is 7.82. The maximum atomic E-state index is 11.8. The van der Waals surface area contributed by atoms with Gasteiger partial charge in [-0.15, -0.1) is 0 Å². The van der Waals surface area contributed by atoms with Gasteiger partial charge in [0.1, 0.15) is 0 Å². The summed E-state index contributed by atoms with van der Waals surface area (Å²) in [6.45, 7) is 4.52. The molecule has 4 heteroatoms. The molecule has 0 bridgehead atoms. The fourth-order valence-corrected chi connectivity index (χ4v) is 1.74. The third-order valence-electron chi connectivity index (χ3n) is 2.96. The van der Waals surface area contributed by atoms with Crippen molar-refractivity contribution >= 4 is 5.91 Å². The molecule has 100 valence electrons. The highest BCUT2D eigenvalue weighted by Gasteiger charge is 2.12. The first kappa shape index (κ1) is 14.6. The lowest BCUT2D eigenvalue weighted by Gasteiger charge is -2.12. The number of aromatic nitrogens is 1. The van der Waals surface area contributed by atoms with Crippen LogP contribution in [-0.4, -0.2) is 16.9 Å². The molecule has 2 unspecified atom stereocenters. The topological polar surface area (TPSA) is 68.0 Å². The van der Waals surface area contributed by atoms with E-state index in [2.05, 4.69) is 10.3 Å². The number of nitrogens with two attached hydrogens (primary N) is 1. The number of rotatable bonds is 7. The predicted molar refractivity (Wildman–Crippen MR) is 72.7 cm³/mol. The van der Waals surface area contributed by atoms with Crippen LogP contribution in [0.25, 0.3) is 0 Å². The number of pyridine rings is 1. The molecule has 2 atom stereocenters. The summed E-state index contributed by atoms with van der Waals surface area (Å²) in [5, 5.41) is 2.94. The molecular weight excluding hydrogens is 226 g/mol. The van der Waals surface area contributed by atoms with Crippen LogP contribution in [0.1, 0.15) is 38.7 Å². The van der Waals surface area contributed by atoms with E-state index in [0.29, 0.717) is 6.54 Å². The van der Waals surface area contributed by atoms with Gasteiger partial charge in [-0.3, -0.25) is 9.78 Å². The van der Waals surface area contributed by atoms with E-state index >= 15 is 0 Å². The Morgan fingerprint density at radius 2 is 2.00 bits per heavy atom. The molecule has 1 amide bonds. The Morgan fingerprint density at radius 3 is 2.61 bits per heavy atom. The van der Waals surface area contributed by atoms with Gasteiger partial charge in [-0.05, 0) is 37.5 Å². The lowest BCUT2D eigenvalue weighted by atomic mass is 10.0. The largest absolute Gasteiger partial charge is 0.352 e. The van der Waals surface area contributed by atoms with Gasteiger partial charge in [-0.25, -0.2) is 0 Å². The Balaban J connectivity index is 2.23. The van der Waals surface area contributed by atoms with Crippen molar-refractivity contribution in [3.05, 3.63) is 30.1 Å². The molecule has 4 nitrogen and oxygen atoms in total. The number of nitrogens with zero attached hydrogens (tertiary/aromatic N) is 1. The molecule has 0 aliphatic rings. The lowest BCUT2D eigenvalue weighted by Crippen LogP contribution is -2.29. The van der Waals surface area contributed by atoms with Crippen molar-refractivity contribution in [3.8, 4) is 0 Å². The minimum absolute atomic E-state index is 0.0468. The van der Waals surface area contributed by atoms with Crippen LogP contribution in [0.4, 0.5) is 0 Å². The van der Waals surface area contributed by atoms with Crippen LogP contribution < -0.4 is 11.1 Å². The van der Waals surface area contributed by atoms with E-state index in [4.69, 9.17) is 5.73 Å². The van der Waals surface area contributed by atoms with Gasteiger partial charge in [-0.1, -0.05) is 13.3 Å². The van der Waals surface area contributed by atoms with Crippen LogP contribution in [0.2, 0.25) is 0 Å². The second-order valence-corrected chi connectivity index (χ2v) is 4.88. The van der Waals surface area contributed by atoms with Crippen LogP contribution >= 0.6 is 0 Å². The maximum absolute atomic E-state index is 11.8. The Morgan fingerprint density at radius 1 is 1.33 bits per heavy atom. The zero-order valence-corrected chi connectivity index (χ0v) is 11.2. The molecule has 1 aromatic rings. The molecule has 0 fully saturated rings. The normalized spacial score (nSPS) is 13.9. The van der Waals surface area contributed by atoms with E-state index in [9.17, 15) is 4.79 Å². The minimum atomic E-state index is 0.0468. The van der Waals surface area contributed by atoms with Crippen molar-refractivity contribution in [1.82, 2.24) is 10.3 Å². The Bertz CT molecular complexity index is 351. The molecule has 0 aliphatic heterocycles. The van der Waals surface area contributed by atoms with Crippen molar-refractivity contribution in [2.24, 2.45) is 11.7 Å². The van der Waals surface area contributed by atoms with Gasteiger partial charge in [0.25, 0.3) is 0 Å². The van der Waals surface area contributed by atoms with Crippen molar-refractivity contribution < 1.29 is 4.79 Å². The predicted octanol–water partition coefficient (Wildman–Crippen LogP) is 1.85. The number of hydrogen-bond donors (Lipinski definition) is 2. The van der Waals surface area contributed by atoms with Crippen LogP contribution in [0.15, 0.2) is 24.5 Å². The summed E-state index contributed by atoms with van der Waals surface area (Å²) in [4.78, 5) is 15.8. The van der Waals surface area contributed by atoms with Gasteiger partial charge in [-0.2, -0.15) is 0 Å². The Kier molecular flexibility index (Phi) is 6.36. The summed E-state index contributed by atoms with van der Waals surface area (Å²) in [7, 11) is 0. The molecule has 3 N–H and O–H groups in total. The van der Waals surface area contributed by atoms with E-state index < -0.39 is 0 Å². The zero-order valence-electron chi connectivity index (χ0n) is 11.2. The van der Waals surface area contributed by atoms with Gasteiger partial charge >= 0.3 is 0 Å². The van der Waals surface area contributed by atoms with Crippen molar-refractivity contribution in [1.29, 1.82) is 0 Å². The SMILES string of the molecule is CC(N)CCCC(C)C(=O)NCc1ccncc1. The molecule has 18 heavy (non-hydrogen) atoms. The Labute approximate surface area is 109 Å². The van der Waals surface area contributed by atoms with E-state index in [1.807, 2.05) is 26.0 Å². The summed E-state index contributed by atoms with van der Waals surface area (Å²) in [6.07, 6.45) is 6.33. The molecule has 0 saturated heterocycles. The molecule has 1 aromatic heterocycles. The van der Waals surface area contributed by atoms with E-state index in [0.717, 1.165) is 24.8 Å². The Hall–Kier alpha value is -1.42. The molecular formula is C14H23N3O.